The Morgan fingerprint density at radius 2 is 1.79 bits per heavy atom. The monoisotopic (exact) mass is 551 g/mol. The summed E-state index contributed by atoms with van der Waals surface area (Å²) in [7, 11) is 3.20. The molecule has 208 valence electrons. The molecule has 3 rings (SSSR count). The van der Waals surface area contributed by atoms with Crippen LogP contribution in [0.5, 0.6) is 17.2 Å². The van der Waals surface area contributed by atoms with E-state index in [4.69, 9.17) is 14.2 Å². The Hall–Kier alpha value is -3.98. The van der Waals surface area contributed by atoms with E-state index in [-0.39, 0.29) is 19.0 Å². The number of amides is 3. The van der Waals surface area contributed by atoms with Crippen LogP contribution in [0.2, 0.25) is 0 Å². The summed E-state index contributed by atoms with van der Waals surface area (Å²) >= 11 is 1.62. The Morgan fingerprint density at radius 1 is 1.03 bits per heavy atom. The van der Waals surface area contributed by atoms with Gasteiger partial charge in [-0.05, 0) is 67.1 Å². The summed E-state index contributed by atoms with van der Waals surface area (Å²) in [4.78, 5) is 31.2. The highest BCUT2D eigenvalue weighted by molar-refractivity contribution is 7.10. The van der Waals surface area contributed by atoms with Crippen LogP contribution in [0.3, 0.4) is 0 Å². The van der Waals surface area contributed by atoms with E-state index < -0.39 is 6.03 Å². The molecule has 0 aliphatic heterocycles. The van der Waals surface area contributed by atoms with Gasteiger partial charge in [-0.2, -0.15) is 0 Å². The molecule has 8 nitrogen and oxygen atoms in total. The average molecular weight is 552 g/mol. The number of nitrogens with one attached hydrogen (secondary N) is 1. The maximum atomic E-state index is 13.6. The van der Waals surface area contributed by atoms with E-state index in [0.717, 1.165) is 16.0 Å². The number of carbonyl (C=O) groups is 2. The molecule has 0 bridgehead atoms. The molecule has 1 aromatic heterocycles. The maximum absolute atomic E-state index is 13.6. The highest BCUT2D eigenvalue weighted by Gasteiger charge is 2.23. The Bertz CT molecular complexity index is 1260. The van der Waals surface area contributed by atoms with Crippen LogP contribution >= 0.6 is 11.3 Å². The quantitative estimate of drug-likeness (QED) is 0.258. The molecule has 39 heavy (non-hydrogen) atoms. The molecular weight excluding hydrogens is 514 g/mol. The summed E-state index contributed by atoms with van der Waals surface area (Å²) in [6, 6.07) is 14.6. The molecule has 0 fully saturated rings. The Labute approximate surface area is 234 Å². The minimum Gasteiger partial charge on any atom is -0.493 e. The third-order valence-electron chi connectivity index (χ3n) is 6.17. The maximum Gasteiger partial charge on any atom is 0.322 e. The van der Waals surface area contributed by atoms with Crippen LogP contribution < -0.4 is 19.5 Å². The van der Waals surface area contributed by atoms with Gasteiger partial charge >= 0.3 is 6.03 Å². The molecule has 0 unspecified atom stereocenters. The van der Waals surface area contributed by atoms with Gasteiger partial charge in [-0.25, -0.2) is 4.79 Å². The van der Waals surface area contributed by atoms with Crippen molar-refractivity contribution in [3.8, 4) is 17.2 Å². The van der Waals surface area contributed by atoms with Gasteiger partial charge in [-0.1, -0.05) is 24.3 Å². The fourth-order valence-corrected chi connectivity index (χ4v) is 4.94. The Morgan fingerprint density at radius 3 is 2.46 bits per heavy atom. The molecule has 0 saturated heterocycles. The predicted molar refractivity (Wildman–Crippen MR) is 156 cm³/mol. The standard InChI is InChI=1S/C30H37N3O5S/c1-6-16-33(30(35)31-24-10-8-9-11-25(24)38-7-2)21-29(34)32(20-28-22(3)15-18-39-28)17-14-23-12-13-26(36-4)27(19-23)37-5/h6,8-13,15,18-19H,1,7,14,16-17,20-21H2,2-5H3,(H,31,35). The number of benzene rings is 2. The Kier molecular flexibility index (Phi) is 11.2. The average Bonchev–Trinajstić information content (AvgIpc) is 3.35. The van der Waals surface area contributed by atoms with Crippen LogP contribution in [-0.2, 0) is 17.8 Å². The second-order valence-corrected chi connectivity index (χ2v) is 9.81. The van der Waals surface area contributed by atoms with Crippen molar-refractivity contribution in [2.24, 2.45) is 0 Å². The number of hydrogen-bond donors (Lipinski definition) is 1. The number of nitrogens with zero attached hydrogens (tertiary/aromatic N) is 2. The van der Waals surface area contributed by atoms with Gasteiger partial charge in [0.2, 0.25) is 5.91 Å². The van der Waals surface area contributed by atoms with Gasteiger partial charge in [0.25, 0.3) is 0 Å². The summed E-state index contributed by atoms with van der Waals surface area (Å²) in [6.45, 7) is 9.23. The fourth-order valence-electron chi connectivity index (χ4n) is 4.02. The molecule has 1 N–H and O–H groups in total. The molecular formula is C30H37N3O5S. The number of thiophene rings is 1. The second-order valence-electron chi connectivity index (χ2n) is 8.81. The topological polar surface area (TPSA) is 80.3 Å². The number of carbonyl (C=O) groups excluding carboxylic acids is 2. The summed E-state index contributed by atoms with van der Waals surface area (Å²) < 4.78 is 16.4. The van der Waals surface area contributed by atoms with Crippen molar-refractivity contribution in [3.05, 3.63) is 82.6 Å². The highest BCUT2D eigenvalue weighted by Crippen LogP contribution is 2.28. The minimum atomic E-state index is -0.400. The summed E-state index contributed by atoms with van der Waals surface area (Å²) in [5.41, 5.74) is 2.70. The number of para-hydroxylation sites is 2. The largest absolute Gasteiger partial charge is 0.493 e. The minimum absolute atomic E-state index is 0.0923. The molecule has 0 atom stereocenters. The van der Waals surface area contributed by atoms with Gasteiger partial charge in [0.1, 0.15) is 12.3 Å². The Balaban J connectivity index is 1.77. The van der Waals surface area contributed by atoms with Crippen LogP contribution in [-0.4, -0.2) is 62.2 Å². The molecule has 0 aliphatic rings. The molecule has 0 radical (unpaired) electrons. The van der Waals surface area contributed by atoms with Crippen molar-refractivity contribution < 1.29 is 23.8 Å². The first-order valence-electron chi connectivity index (χ1n) is 12.8. The fraction of sp³-hybridized carbons (Fsp3) is 0.333. The van der Waals surface area contributed by atoms with E-state index in [0.29, 0.717) is 49.1 Å². The zero-order chi connectivity index (χ0) is 28.2. The lowest BCUT2D eigenvalue weighted by Gasteiger charge is -2.27. The molecule has 2 aromatic carbocycles. The van der Waals surface area contributed by atoms with Gasteiger partial charge in [0, 0.05) is 18.0 Å². The first kappa shape index (κ1) is 29.6. The first-order chi connectivity index (χ1) is 18.9. The zero-order valence-electron chi connectivity index (χ0n) is 23.1. The van der Waals surface area contributed by atoms with Crippen LogP contribution in [0.25, 0.3) is 0 Å². The van der Waals surface area contributed by atoms with Crippen molar-refractivity contribution in [1.29, 1.82) is 0 Å². The third-order valence-corrected chi connectivity index (χ3v) is 7.17. The second kappa shape index (κ2) is 14.8. The normalized spacial score (nSPS) is 10.5. The van der Waals surface area contributed by atoms with Crippen LogP contribution in [0.15, 0.2) is 66.6 Å². The van der Waals surface area contributed by atoms with E-state index in [1.165, 1.54) is 4.90 Å². The highest BCUT2D eigenvalue weighted by atomic mass is 32.1. The predicted octanol–water partition coefficient (Wildman–Crippen LogP) is 5.76. The number of methoxy groups -OCH3 is 2. The number of ether oxygens (including phenoxy) is 3. The van der Waals surface area contributed by atoms with Crippen molar-refractivity contribution in [1.82, 2.24) is 9.80 Å². The molecule has 3 amide bonds. The van der Waals surface area contributed by atoms with E-state index in [9.17, 15) is 9.59 Å². The lowest BCUT2D eigenvalue weighted by molar-refractivity contribution is -0.132. The summed E-state index contributed by atoms with van der Waals surface area (Å²) in [5.74, 6) is 1.71. The summed E-state index contributed by atoms with van der Waals surface area (Å²) in [5, 5.41) is 4.90. The van der Waals surface area contributed by atoms with Crippen molar-refractivity contribution in [3.63, 3.8) is 0 Å². The van der Waals surface area contributed by atoms with E-state index >= 15 is 0 Å². The summed E-state index contributed by atoms with van der Waals surface area (Å²) in [6.07, 6.45) is 2.23. The van der Waals surface area contributed by atoms with Gasteiger partial charge in [-0.15, -0.1) is 17.9 Å². The van der Waals surface area contributed by atoms with Crippen molar-refractivity contribution >= 4 is 29.0 Å². The first-order valence-corrected chi connectivity index (χ1v) is 13.7. The zero-order valence-corrected chi connectivity index (χ0v) is 23.9. The van der Waals surface area contributed by atoms with Crippen LogP contribution in [0.1, 0.15) is 22.9 Å². The molecule has 0 aliphatic carbocycles. The van der Waals surface area contributed by atoms with E-state index in [2.05, 4.69) is 11.9 Å². The molecule has 1 heterocycles. The van der Waals surface area contributed by atoms with Crippen molar-refractivity contribution in [2.75, 3.05) is 45.8 Å². The number of rotatable bonds is 14. The number of urea groups is 1. The SMILES string of the molecule is C=CCN(CC(=O)N(CCc1ccc(OC)c(OC)c1)Cc1sccc1C)C(=O)Nc1ccccc1OCC. The van der Waals surface area contributed by atoms with Gasteiger partial charge < -0.3 is 29.3 Å². The molecule has 0 saturated carbocycles. The number of hydrogen-bond acceptors (Lipinski definition) is 6. The number of aryl methyl sites for hydroxylation is 1. The van der Waals surface area contributed by atoms with Crippen molar-refractivity contribution in [2.45, 2.75) is 26.8 Å². The van der Waals surface area contributed by atoms with Gasteiger partial charge in [-0.3, -0.25) is 4.79 Å². The molecule has 0 spiro atoms. The lowest BCUT2D eigenvalue weighted by atomic mass is 10.1. The van der Waals surface area contributed by atoms with Crippen LogP contribution in [0.4, 0.5) is 10.5 Å². The lowest BCUT2D eigenvalue weighted by Crippen LogP contribution is -2.45. The smallest absolute Gasteiger partial charge is 0.322 e. The number of anilines is 1. The van der Waals surface area contributed by atoms with Gasteiger partial charge in [0.05, 0.1) is 33.1 Å². The van der Waals surface area contributed by atoms with Gasteiger partial charge in [0.15, 0.2) is 11.5 Å². The van der Waals surface area contributed by atoms with Crippen LogP contribution in [0, 0.1) is 6.92 Å². The van der Waals surface area contributed by atoms with E-state index in [1.807, 2.05) is 55.6 Å². The molecule has 9 heteroatoms. The van der Waals surface area contributed by atoms with E-state index in [1.54, 1.807) is 48.7 Å². The third kappa shape index (κ3) is 8.25. The molecule has 3 aromatic rings.